The van der Waals surface area contributed by atoms with Crippen molar-refractivity contribution in [3.05, 3.63) is 30.9 Å². The maximum Gasteiger partial charge on any atom is 0.231 e. The fourth-order valence-corrected chi connectivity index (χ4v) is 2.26. The van der Waals surface area contributed by atoms with Crippen LogP contribution < -0.4 is 19.5 Å². The number of nitrogens with one attached hydrogen (secondary N) is 1. The van der Waals surface area contributed by atoms with Gasteiger partial charge in [0.2, 0.25) is 6.79 Å². The van der Waals surface area contributed by atoms with Gasteiger partial charge in [0.1, 0.15) is 12.4 Å². The predicted octanol–water partition coefficient (Wildman–Crippen LogP) is 2.89. The number of hydrogen-bond donors (Lipinski definition) is 1. The third-order valence-corrected chi connectivity index (χ3v) is 3.47. The zero-order chi connectivity index (χ0) is 16.5. The molecule has 134 valence electrons. The molecule has 0 amide bonds. The van der Waals surface area contributed by atoms with Gasteiger partial charge >= 0.3 is 0 Å². The highest BCUT2D eigenvalue weighted by Gasteiger charge is 2.13. The van der Waals surface area contributed by atoms with Crippen LogP contribution in [0.15, 0.2) is 35.8 Å². The van der Waals surface area contributed by atoms with Crippen molar-refractivity contribution in [3.8, 4) is 17.2 Å². The Labute approximate surface area is 160 Å². The summed E-state index contributed by atoms with van der Waals surface area (Å²) in [6.45, 7) is 6.16. The lowest BCUT2D eigenvalue weighted by Crippen LogP contribution is -2.41. The summed E-state index contributed by atoms with van der Waals surface area (Å²) in [5, 5.41) is 3.29. The highest BCUT2D eigenvalue weighted by atomic mass is 127. The van der Waals surface area contributed by atoms with Crippen LogP contribution in [0.4, 0.5) is 0 Å². The van der Waals surface area contributed by atoms with Crippen LogP contribution in [0, 0.1) is 0 Å². The second-order valence-electron chi connectivity index (χ2n) is 5.19. The number of ether oxygens (including phenoxy) is 3. The number of rotatable bonds is 8. The number of guanidine groups is 1. The van der Waals surface area contributed by atoms with Crippen LogP contribution in [0.2, 0.25) is 0 Å². The standard InChI is InChI=1S/C17H25N3O3.HI/c1-4-5-6-10-20(3)17(18-2)19-9-11-21-14-7-8-15-16(12-14)23-13-22-15;/h4,7-8,12H,1,5-6,9-11,13H2,2-3H3,(H,18,19);1H. The van der Waals surface area contributed by atoms with Gasteiger partial charge in [0, 0.05) is 26.7 Å². The summed E-state index contributed by atoms with van der Waals surface area (Å²) in [5.74, 6) is 3.12. The average Bonchev–Trinajstić information content (AvgIpc) is 3.02. The first-order chi connectivity index (χ1) is 11.2. The summed E-state index contributed by atoms with van der Waals surface area (Å²) in [5.41, 5.74) is 0. The van der Waals surface area contributed by atoms with E-state index < -0.39 is 0 Å². The summed E-state index contributed by atoms with van der Waals surface area (Å²) in [6.07, 6.45) is 4.01. The molecule has 0 unspecified atom stereocenters. The van der Waals surface area contributed by atoms with Gasteiger partial charge in [0.25, 0.3) is 0 Å². The Kier molecular flexibility index (Phi) is 9.36. The third kappa shape index (κ3) is 6.10. The minimum absolute atomic E-state index is 0. The van der Waals surface area contributed by atoms with E-state index in [1.807, 2.05) is 31.3 Å². The molecule has 1 aliphatic heterocycles. The number of halogens is 1. The van der Waals surface area contributed by atoms with E-state index in [1.54, 1.807) is 7.05 Å². The van der Waals surface area contributed by atoms with Gasteiger partial charge in [-0.3, -0.25) is 4.99 Å². The second kappa shape index (κ2) is 11.0. The van der Waals surface area contributed by atoms with Crippen LogP contribution in [0.1, 0.15) is 12.8 Å². The van der Waals surface area contributed by atoms with E-state index in [1.165, 1.54) is 0 Å². The largest absolute Gasteiger partial charge is 0.492 e. The molecule has 0 saturated carbocycles. The highest BCUT2D eigenvalue weighted by Crippen LogP contribution is 2.34. The molecule has 0 radical (unpaired) electrons. The molecule has 0 atom stereocenters. The van der Waals surface area contributed by atoms with Crippen molar-refractivity contribution in [3.63, 3.8) is 0 Å². The lowest BCUT2D eigenvalue weighted by atomic mass is 10.3. The number of nitrogens with zero attached hydrogens (tertiary/aromatic N) is 2. The summed E-state index contributed by atoms with van der Waals surface area (Å²) in [7, 11) is 3.81. The highest BCUT2D eigenvalue weighted by molar-refractivity contribution is 14.0. The molecule has 0 saturated heterocycles. The monoisotopic (exact) mass is 447 g/mol. The van der Waals surface area contributed by atoms with Gasteiger partial charge in [-0.25, -0.2) is 0 Å². The maximum absolute atomic E-state index is 5.72. The molecule has 1 N–H and O–H groups in total. The van der Waals surface area contributed by atoms with Gasteiger partial charge in [0.05, 0.1) is 6.54 Å². The minimum atomic E-state index is 0. The molecule has 0 bridgehead atoms. The van der Waals surface area contributed by atoms with Crippen molar-refractivity contribution in [1.82, 2.24) is 10.2 Å². The van der Waals surface area contributed by atoms with Crippen molar-refractivity contribution in [2.24, 2.45) is 4.99 Å². The van der Waals surface area contributed by atoms with E-state index in [0.29, 0.717) is 13.2 Å². The van der Waals surface area contributed by atoms with Crippen molar-refractivity contribution < 1.29 is 14.2 Å². The number of benzene rings is 1. The van der Waals surface area contributed by atoms with E-state index in [2.05, 4.69) is 21.8 Å². The lowest BCUT2D eigenvalue weighted by molar-refractivity contribution is 0.173. The fraction of sp³-hybridized carbons (Fsp3) is 0.471. The van der Waals surface area contributed by atoms with Crippen molar-refractivity contribution in [1.29, 1.82) is 0 Å². The van der Waals surface area contributed by atoms with E-state index in [4.69, 9.17) is 14.2 Å². The zero-order valence-corrected chi connectivity index (χ0v) is 16.6. The Hall–Kier alpha value is -1.64. The molecule has 24 heavy (non-hydrogen) atoms. The first kappa shape index (κ1) is 20.4. The SMILES string of the molecule is C=CCCCN(C)C(=NC)NCCOc1ccc2c(c1)OCO2.I. The summed E-state index contributed by atoms with van der Waals surface area (Å²) in [4.78, 5) is 6.37. The van der Waals surface area contributed by atoms with Gasteiger partial charge in [-0.15, -0.1) is 30.6 Å². The Morgan fingerprint density at radius 1 is 1.42 bits per heavy atom. The number of hydrogen-bond acceptors (Lipinski definition) is 4. The number of aliphatic imine (C=N–C) groups is 1. The molecule has 0 aliphatic carbocycles. The first-order valence-electron chi connectivity index (χ1n) is 7.79. The number of allylic oxidation sites excluding steroid dienone is 1. The van der Waals surface area contributed by atoms with Crippen LogP contribution in [-0.2, 0) is 0 Å². The minimum Gasteiger partial charge on any atom is -0.492 e. The van der Waals surface area contributed by atoms with Crippen molar-refractivity contribution in [2.45, 2.75) is 12.8 Å². The summed E-state index contributed by atoms with van der Waals surface area (Å²) < 4.78 is 16.3. The molecule has 1 aliphatic rings. The Bertz CT molecular complexity index is 552. The van der Waals surface area contributed by atoms with Gasteiger partial charge in [-0.2, -0.15) is 0 Å². The molecule has 0 aromatic heterocycles. The van der Waals surface area contributed by atoms with Crippen LogP contribution in [0.3, 0.4) is 0 Å². The first-order valence-corrected chi connectivity index (χ1v) is 7.79. The molecule has 7 heteroatoms. The van der Waals surface area contributed by atoms with E-state index in [-0.39, 0.29) is 30.8 Å². The Balaban J connectivity index is 0.00000288. The Morgan fingerprint density at radius 3 is 2.96 bits per heavy atom. The number of unbranched alkanes of at least 4 members (excludes halogenated alkanes) is 1. The maximum atomic E-state index is 5.72. The van der Waals surface area contributed by atoms with Gasteiger partial charge < -0.3 is 24.4 Å². The molecular formula is C17H26IN3O3. The van der Waals surface area contributed by atoms with Crippen LogP contribution in [-0.4, -0.2) is 51.4 Å². The topological polar surface area (TPSA) is 55.3 Å². The zero-order valence-electron chi connectivity index (χ0n) is 14.3. The van der Waals surface area contributed by atoms with Gasteiger partial charge in [0.15, 0.2) is 17.5 Å². The molecule has 6 nitrogen and oxygen atoms in total. The molecule has 2 rings (SSSR count). The number of fused-ring (bicyclic) bond motifs is 1. The third-order valence-electron chi connectivity index (χ3n) is 3.47. The Morgan fingerprint density at radius 2 is 2.21 bits per heavy atom. The predicted molar refractivity (Wildman–Crippen MR) is 107 cm³/mol. The molecule has 0 fully saturated rings. The van der Waals surface area contributed by atoms with Gasteiger partial charge in [-0.05, 0) is 25.0 Å². The van der Waals surface area contributed by atoms with Crippen LogP contribution in [0.25, 0.3) is 0 Å². The van der Waals surface area contributed by atoms with Crippen molar-refractivity contribution >= 4 is 29.9 Å². The molecule has 1 aromatic carbocycles. The van der Waals surface area contributed by atoms with E-state index >= 15 is 0 Å². The second-order valence-corrected chi connectivity index (χ2v) is 5.19. The summed E-state index contributed by atoms with van der Waals surface area (Å²) >= 11 is 0. The van der Waals surface area contributed by atoms with E-state index in [0.717, 1.165) is 42.6 Å². The van der Waals surface area contributed by atoms with Gasteiger partial charge in [-0.1, -0.05) is 6.08 Å². The molecule has 1 heterocycles. The fourth-order valence-electron chi connectivity index (χ4n) is 2.26. The molecule has 1 aromatic rings. The normalized spacial score (nSPS) is 12.3. The summed E-state index contributed by atoms with van der Waals surface area (Å²) in [6, 6.07) is 5.58. The smallest absolute Gasteiger partial charge is 0.231 e. The van der Waals surface area contributed by atoms with Crippen LogP contribution in [0.5, 0.6) is 17.2 Å². The van der Waals surface area contributed by atoms with Crippen LogP contribution >= 0.6 is 24.0 Å². The quantitative estimate of drug-likeness (QED) is 0.219. The molecule has 0 spiro atoms. The van der Waals surface area contributed by atoms with E-state index in [9.17, 15) is 0 Å². The average molecular weight is 447 g/mol. The lowest BCUT2D eigenvalue weighted by Gasteiger charge is -2.21. The molecular weight excluding hydrogens is 421 g/mol. The van der Waals surface area contributed by atoms with Crippen molar-refractivity contribution in [2.75, 3.05) is 40.6 Å².